The Balaban J connectivity index is 3.34. The molecule has 0 aliphatic rings. The zero-order valence-corrected chi connectivity index (χ0v) is 6.56. The highest BCUT2D eigenvalue weighted by molar-refractivity contribution is 5.73. The number of aliphatic carboxylic acids is 1. The van der Waals surface area contributed by atoms with E-state index in [0.717, 1.165) is 24.3 Å². The van der Waals surface area contributed by atoms with E-state index in [-0.39, 0.29) is 11.3 Å². The van der Waals surface area contributed by atoms with Gasteiger partial charge in [-0.25, -0.2) is 0 Å². The highest BCUT2D eigenvalue weighted by Crippen LogP contribution is 2.10. The van der Waals surface area contributed by atoms with Gasteiger partial charge in [-0.3, -0.25) is 4.79 Å². The van der Waals surface area contributed by atoms with Crippen molar-refractivity contribution in [2.45, 2.75) is 12.4 Å². The lowest BCUT2D eigenvalue weighted by molar-refractivity contribution is -0.138. The van der Waals surface area contributed by atoms with E-state index in [1.165, 1.54) is 0 Å². The van der Waals surface area contributed by atoms with Crippen molar-refractivity contribution in [2.24, 2.45) is 5.72 Å². The molecule has 0 amide bonds. The smallest absolute Gasteiger partial charge is 0.320 e. The Morgan fingerprint density at radius 2 is 2.31 bits per heavy atom. The van der Waals surface area contributed by atoms with Gasteiger partial charge in [-0.2, -0.15) is 0 Å². The number of rotatable bonds is 4. The zero-order valence-electron chi connectivity index (χ0n) is 11.6. The Bertz CT molecular complexity index is 450. The van der Waals surface area contributed by atoms with Crippen LogP contribution in [0.3, 0.4) is 0 Å². The fourth-order valence-corrected chi connectivity index (χ4v) is 0.735. The van der Waals surface area contributed by atoms with E-state index in [4.69, 9.17) is 17.1 Å². The van der Waals surface area contributed by atoms with Crippen molar-refractivity contribution >= 4 is 5.97 Å². The monoisotopic (exact) mass is 186 g/mol. The van der Waals surface area contributed by atoms with Crippen LogP contribution in [-0.2, 0) is 11.2 Å². The van der Waals surface area contributed by atoms with E-state index in [1.807, 2.05) is 0 Å². The van der Waals surface area contributed by atoms with Crippen molar-refractivity contribution in [3.8, 4) is 5.75 Å². The summed E-state index contributed by atoms with van der Waals surface area (Å²) in [6, 6.07) is 1.35. The van der Waals surface area contributed by atoms with Crippen LogP contribution in [0, 0.1) is 0 Å². The van der Waals surface area contributed by atoms with Crippen LogP contribution in [0.25, 0.3) is 0 Å². The molecule has 1 atom stereocenters. The topological polar surface area (TPSA) is 83.6 Å². The SMILES string of the molecule is [2H]N([2H])[C@]([2H])(C(=O)O)C([2H])([2H])c1ccc(O)cc1. The highest BCUT2D eigenvalue weighted by Gasteiger charge is 2.11. The Morgan fingerprint density at radius 3 is 2.77 bits per heavy atom. The molecule has 0 radical (unpaired) electrons. The summed E-state index contributed by atoms with van der Waals surface area (Å²) in [5.41, 5.74) is -0.718. The number of carboxylic acid groups (broad SMARTS) is 1. The molecule has 4 heteroatoms. The van der Waals surface area contributed by atoms with E-state index in [9.17, 15) is 4.79 Å². The van der Waals surface area contributed by atoms with Gasteiger partial charge >= 0.3 is 5.97 Å². The Morgan fingerprint density at radius 1 is 1.69 bits per heavy atom. The summed E-state index contributed by atoms with van der Waals surface area (Å²) >= 11 is 0. The molecule has 13 heavy (non-hydrogen) atoms. The second-order valence-electron chi connectivity index (χ2n) is 2.33. The predicted molar refractivity (Wildman–Crippen MR) is 47.4 cm³/mol. The fraction of sp³-hybridized carbons (Fsp3) is 0.222. The van der Waals surface area contributed by atoms with Gasteiger partial charge in [0.1, 0.15) is 14.6 Å². The minimum Gasteiger partial charge on any atom is -0.508 e. The maximum absolute atomic E-state index is 11.0. The van der Waals surface area contributed by atoms with E-state index in [2.05, 4.69) is 0 Å². The van der Waals surface area contributed by atoms with Crippen molar-refractivity contribution < 1.29 is 21.9 Å². The van der Waals surface area contributed by atoms with Gasteiger partial charge in [0.25, 0.3) is 0 Å². The lowest BCUT2D eigenvalue weighted by Gasteiger charge is -2.05. The molecule has 4 N–H and O–H groups in total. The van der Waals surface area contributed by atoms with Gasteiger partial charge in [-0.05, 0) is 24.1 Å². The minimum absolute atomic E-state index is 0.144. The second-order valence-corrected chi connectivity index (χ2v) is 2.33. The summed E-state index contributed by atoms with van der Waals surface area (Å²) < 4.78 is 36.8. The quantitative estimate of drug-likeness (QED) is 0.633. The molecule has 0 aliphatic heterocycles. The van der Waals surface area contributed by atoms with E-state index in [0.29, 0.717) is 0 Å². The van der Waals surface area contributed by atoms with Crippen molar-refractivity contribution in [1.29, 1.82) is 0 Å². The number of phenols is 1. The number of hydrogen-bond acceptors (Lipinski definition) is 3. The Labute approximate surface area is 82.8 Å². The molecule has 1 rings (SSSR count). The Kier molecular flexibility index (Phi) is 1.39. The molecule has 0 unspecified atom stereocenters. The number of benzene rings is 1. The zero-order chi connectivity index (χ0) is 14.1. The molecule has 0 aliphatic carbocycles. The molecule has 1 aromatic rings. The summed E-state index contributed by atoms with van der Waals surface area (Å²) in [6.07, 6.45) is -2.81. The van der Waals surface area contributed by atoms with Gasteiger partial charge in [0, 0.05) is 2.74 Å². The standard InChI is InChI=1S/C9H11NO3/c10-8(9(12)13)5-6-1-3-7(11)4-2-6/h1-4,8,11H,5,10H2,(H,12,13)/t8-/m0/s1/i5D2,8D/hD2. The van der Waals surface area contributed by atoms with Crippen molar-refractivity contribution in [3.05, 3.63) is 29.8 Å². The third kappa shape index (κ3) is 2.76. The molecule has 0 fully saturated rings. The van der Waals surface area contributed by atoms with Crippen LogP contribution in [0.2, 0.25) is 2.82 Å². The van der Waals surface area contributed by atoms with Crippen LogP contribution >= 0.6 is 0 Å². The summed E-state index contributed by atoms with van der Waals surface area (Å²) in [4.78, 5) is 11.0. The molecule has 0 aromatic heterocycles. The van der Waals surface area contributed by atoms with Crippen LogP contribution in [0.1, 0.15) is 9.68 Å². The third-order valence-corrected chi connectivity index (χ3v) is 1.33. The molecule has 1 aromatic carbocycles. The van der Waals surface area contributed by atoms with Gasteiger partial charge in [0.2, 0.25) is 0 Å². The first-order chi connectivity index (χ1) is 8.14. The lowest BCUT2D eigenvalue weighted by Crippen LogP contribution is -2.32. The van der Waals surface area contributed by atoms with Crippen LogP contribution in [0.4, 0.5) is 0 Å². The van der Waals surface area contributed by atoms with Gasteiger partial charge in [0.15, 0.2) is 0 Å². The summed E-state index contributed by atoms with van der Waals surface area (Å²) in [5, 5.41) is 18.0. The van der Waals surface area contributed by atoms with Crippen LogP contribution in [0.5, 0.6) is 5.75 Å². The fourth-order valence-electron chi connectivity index (χ4n) is 0.735. The van der Waals surface area contributed by atoms with Crippen LogP contribution in [0.15, 0.2) is 24.3 Å². The lowest BCUT2D eigenvalue weighted by atomic mass is 10.1. The largest absolute Gasteiger partial charge is 0.508 e. The third-order valence-electron chi connectivity index (χ3n) is 1.33. The number of nitrogens with two attached hydrogens (primary N) is 1. The first kappa shape index (κ1) is 4.62. The van der Waals surface area contributed by atoms with Gasteiger partial charge in [0.05, 0.1) is 1.37 Å². The molecule has 0 saturated carbocycles. The Hall–Kier alpha value is -1.55. The van der Waals surface area contributed by atoms with Gasteiger partial charge in [-0.1, -0.05) is 12.1 Å². The van der Waals surface area contributed by atoms with Crippen LogP contribution < -0.4 is 5.72 Å². The number of hydrogen-bond donors (Lipinski definition) is 3. The average molecular weight is 186 g/mol. The summed E-state index contributed by atoms with van der Waals surface area (Å²) in [5.74, 6) is -2.10. The molecule has 0 spiro atoms. The molecular weight excluding hydrogens is 170 g/mol. The van der Waals surface area contributed by atoms with Gasteiger partial charge in [-0.15, -0.1) is 0 Å². The minimum atomic E-state index is -3.12. The average Bonchev–Trinajstić information content (AvgIpc) is 2.27. The first-order valence-electron chi connectivity index (χ1n) is 5.84. The van der Waals surface area contributed by atoms with Gasteiger partial charge < -0.3 is 15.9 Å². The van der Waals surface area contributed by atoms with E-state index < -0.39 is 24.1 Å². The number of carboxylic acids is 1. The van der Waals surface area contributed by atoms with Crippen LogP contribution in [-0.4, -0.2) is 22.2 Å². The number of aromatic hydroxyl groups is 1. The second kappa shape index (κ2) is 3.91. The number of phenolic OH excluding ortho intramolecular Hbond substituents is 1. The van der Waals surface area contributed by atoms with E-state index in [1.54, 1.807) is 0 Å². The normalized spacial score (nSPS) is 21.8. The van der Waals surface area contributed by atoms with Crippen molar-refractivity contribution in [3.63, 3.8) is 0 Å². The molecule has 0 bridgehead atoms. The van der Waals surface area contributed by atoms with Crippen molar-refractivity contribution in [1.82, 2.24) is 0 Å². The predicted octanol–water partition coefficient (Wildman–Crippen LogP) is 0.347. The molecule has 0 saturated heterocycles. The summed E-state index contributed by atoms with van der Waals surface area (Å²) in [7, 11) is 0. The maximum Gasteiger partial charge on any atom is 0.320 e. The summed E-state index contributed by atoms with van der Waals surface area (Å²) in [6.45, 7) is 0. The highest BCUT2D eigenvalue weighted by atomic mass is 16.4. The number of carbonyl (C=O) groups is 1. The van der Waals surface area contributed by atoms with E-state index >= 15 is 0 Å². The maximum atomic E-state index is 11.0. The molecular formula is C9H11NO3. The molecule has 70 valence electrons. The molecule has 4 nitrogen and oxygen atoms in total. The van der Waals surface area contributed by atoms with Crippen molar-refractivity contribution in [2.75, 3.05) is 0 Å². The first-order valence-corrected chi connectivity index (χ1v) is 3.45. The molecule has 0 heterocycles.